The number of hydrogen-bond donors (Lipinski definition) is 0. The number of esters is 1. The summed E-state index contributed by atoms with van der Waals surface area (Å²) >= 11 is 0. The second-order valence-corrected chi connectivity index (χ2v) is 9.99. The second-order valence-electron chi connectivity index (χ2n) is 9.99. The third-order valence-corrected chi connectivity index (χ3v) is 6.70. The second kappa shape index (κ2) is 17.0. The van der Waals surface area contributed by atoms with Gasteiger partial charge in [0.2, 0.25) is 0 Å². The molecule has 40 heavy (non-hydrogen) atoms. The average Bonchev–Trinajstić information content (AvgIpc) is 3.00. The zero-order valence-corrected chi connectivity index (χ0v) is 24.0. The Kier molecular flexibility index (Phi) is 13.1. The van der Waals surface area contributed by atoms with E-state index in [2.05, 4.69) is 23.0 Å². The summed E-state index contributed by atoms with van der Waals surface area (Å²) in [5.74, 6) is 0.791. The van der Waals surface area contributed by atoms with Gasteiger partial charge in [-0.3, -0.25) is 0 Å². The van der Waals surface area contributed by atoms with E-state index in [1.165, 1.54) is 32.1 Å². The summed E-state index contributed by atoms with van der Waals surface area (Å²) in [5, 5.41) is 9.01. The van der Waals surface area contributed by atoms with Crippen molar-refractivity contribution in [2.45, 2.75) is 71.8 Å². The first-order valence-electron chi connectivity index (χ1n) is 14.4. The van der Waals surface area contributed by atoms with Crippen LogP contribution >= 0.6 is 0 Å². The first kappa shape index (κ1) is 30.8. The van der Waals surface area contributed by atoms with E-state index in [-0.39, 0.29) is 18.6 Å². The number of hydrogen-bond acceptors (Lipinski definition) is 7. The molecule has 0 aliphatic carbocycles. The van der Waals surface area contributed by atoms with Crippen LogP contribution in [0.2, 0.25) is 0 Å². The summed E-state index contributed by atoms with van der Waals surface area (Å²) < 4.78 is 16.8. The molecule has 3 aromatic rings. The standard InChI is InChI=1S/C33H41N3O4/c1-4-6-7-8-9-10-19-38-31-21-35-32(36-22-31)29-15-11-27(12-16-29)28-13-17-30(18-14-28)33(37)40-23-25(3)39-24-26(5-2)20-34/h11-18,21-22,25-26H,4-10,19,23-24H2,1-3H3/t25-,26?/m0/s1. The average molecular weight is 544 g/mol. The molecule has 0 aliphatic heterocycles. The minimum Gasteiger partial charge on any atom is -0.490 e. The molecule has 1 heterocycles. The Balaban J connectivity index is 1.46. The Morgan fingerprint density at radius 1 is 0.850 bits per heavy atom. The zero-order chi connectivity index (χ0) is 28.6. The third-order valence-electron chi connectivity index (χ3n) is 6.70. The van der Waals surface area contributed by atoms with Crippen LogP contribution in [0.3, 0.4) is 0 Å². The van der Waals surface area contributed by atoms with Crippen LogP contribution < -0.4 is 4.74 Å². The van der Waals surface area contributed by atoms with Gasteiger partial charge >= 0.3 is 5.97 Å². The molecule has 0 fully saturated rings. The first-order valence-corrected chi connectivity index (χ1v) is 14.4. The fourth-order valence-corrected chi connectivity index (χ4v) is 4.07. The molecule has 212 valence electrons. The Bertz CT molecular complexity index is 1190. The summed E-state index contributed by atoms with van der Waals surface area (Å²) in [6.07, 6.45) is 11.3. The molecule has 7 heteroatoms. The summed E-state index contributed by atoms with van der Waals surface area (Å²) in [6, 6.07) is 17.5. The van der Waals surface area contributed by atoms with Gasteiger partial charge in [0.15, 0.2) is 11.6 Å². The summed E-state index contributed by atoms with van der Waals surface area (Å²) in [6.45, 7) is 7.17. The van der Waals surface area contributed by atoms with Gasteiger partial charge in [0.1, 0.15) is 6.61 Å². The van der Waals surface area contributed by atoms with E-state index >= 15 is 0 Å². The van der Waals surface area contributed by atoms with E-state index < -0.39 is 5.97 Å². The molecule has 1 unspecified atom stereocenters. The fraction of sp³-hybridized carbons (Fsp3) is 0.455. The minimum absolute atomic E-state index is 0.137. The van der Waals surface area contributed by atoms with Crippen molar-refractivity contribution in [3.8, 4) is 34.3 Å². The van der Waals surface area contributed by atoms with Crippen molar-refractivity contribution in [1.82, 2.24) is 9.97 Å². The highest BCUT2D eigenvalue weighted by molar-refractivity contribution is 5.90. The van der Waals surface area contributed by atoms with Gasteiger partial charge in [0.25, 0.3) is 0 Å². The highest BCUT2D eigenvalue weighted by Crippen LogP contribution is 2.24. The lowest BCUT2D eigenvalue weighted by Crippen LogP contribution is -2.21. The molecule has 0 aliphatic rings. The molecule has 0 bridgehead atoms. The highest BCUT2D eigenvalue weighted by atomic mass is 16.6. The van der Waals surface area contributed by atoms with Crippen LogP contribution in [-0.2, 0) is 9.47 Å². The van der Waals surface area contributed by atoms with Crippen molar-refractivity contribution in [1.29, 1.82) is 5.26 Å². The smallest absolute Gasteiger partial charge is 0.338 e. The molecular formula is C33H41N3O4. The van der Waals surface area contributed by atoms with Crippen molar-refractivity contribution in [3.05, 3.63) is 66.5 Å². The maximum atomic E-state index is 12.4. The Labute approximate surface area is 238 Å². The highest BCUT2D eigenvalue weighted by Gasteiger charge is 2.13. The number of carbonyl (C=O) groups excluding carboxylic acids is 1. The lowest BCUT2D eigenvalue weighted by atomic mass is 10.0. The van der Waals surface area contributed by atoms with E-state index in [4.69, 9.17) is 19.5 Å². The predicted octanol–water partition coefficient (Wildman–Crippen LogP) is 7.66. The van der Waals surface area contributed by atoms with Crippen molar-refractivity contribution < 1.29 is 19.0 Å². The molecule has 0 saturated heterocycles. The quantitative estimate of drug-likeness (QED) is 0.127. The number of ether oxygens (including phenoxy) is 3. The lowest BCUT2D eigenvalue weighted by Gasteiger charge is -2.15. The van der Waals surface area contributed by atoms with Crippen LogP contribution in [0.1, 0.15) is 76.1 Å². The molecule has 0 amide bonds. The molecule has 2 atom stereocenters. The van der Waals surface area contributed by atoms with Gasteiger partial charge in [-0.15, -0.1) is 0 Å². The number of carbonyl (C=O) groups is 1. The normalized spacial score (nSPS) is 12.3. The van der Waals surface area contributed by atoms with Gasteiger partial charge in [-0.25, -0.2) is 14.8 Å². The molecule has 0 N–H and O–H groups in total. The number of aromatic nitrogens is 2. The monoisotopic (exact) mass is 543 g/mol. The largest absolute Gasteiger partial charge is 0.490 e. The third kappa shape index (κ3) is 10.1. The van der Waals surface area contributed by atoms with Crippen LogP contribution in [-0.4, -0.2) is 41.9 Å². The maximum absolute atomic E-state index is 12.4. The van der Waals surface area contributed by atoms with E-state index in [0.717, 1.165) is 29.5 Å². The Morgan fingerprint density at radius 2 is 1.45 bits per heavy atom. The van der Waals surface area contributed by atoms with Crippen LogP contribution in [0, 0.1) is 17.2 Å². The van der Waals surface area contributed by atoms with Crippen molar-refractivity contribution in [2.24, 2.45) is 5.92 Å². The summed E-state index contributed by atoms with van der Waals surface area (Å²) in [5.41, 5.74) is 3.40. The number of nitrogens with zero attached hydrogens (tertiary/aromatic N) is 3. The molecular weight excluding hydrogens is 502 g/mol. The number of unbranched alkanes of at least 4 members (excludes halogenated alkanes) is 5. The van der Waals surface area contributed by atoms with E-state index in [1.807, 2.05) is 50.2 Å². The van der Waals surface area contributed by atoms with E-state index in [0.29, 0.717) is 30.4 Å². The van der Waals surface area contributed by atoms with Crippen molar-refractivity contribution in [2.75, 3.05) is 19.8 Å². The Morgan fingerprint density at radius 3 is 2.08 bits per heavy atom. The molecule has 3 rings (SSSR count). The van der Waals surface area contributed by atoms with Crippen LogP contribution in [0.25, 0.3) is 22.5 Å². The number of benzene rings is 2. The maximum Gasteiger partial charge on any atom is 0.338 e. The molecule has 0 saturated carbocycles. The van der Waals surface area contributed by atoms with Crippen LogP contribution in [0.5, 0.6) is 5.75 Å². The van der Waals surface area contributed by atoms with Crippen molar-refractivity contribution in [3.63, 3.8) is 0 Å². The zero-order valence-electron chi connectivity index (χ0n) is 24.0. The van der Waals surface area contributed by atoms with Gasteiger partial charge in [0.05, 0.1) is 49.3 Å². The molecule has 0 radical (unpaired) electrons. The van der Waals surface area contributed by atoms with Gasteiger partial charge in [-0.1, -0.05) is 82.3 Å². The Hall–Kier alpha value is -3.76. The molecule has 0 spiro atoms. The predicted molar refractivity (Wildman–Crippen MR) is 157 cm³/mol. The van der Waals surface area contributed by atoms with Gasteiger partial charge < -0.3 is 14.2 Å². The van der Waals surface area contributed by atoms with E-state index in [9.17, 15) is 4.79 Å². The molecule has 7 nitrogen and oxygen atoms in total. The number of rotatable bonds is 17. The van der Waals surface area contributed by atoms with Crippen LogP contribution in [0.15, 0.2) is 60.9 Å². The molecule has 2 aromatic carbocycles. The topological polar surface area (TPSA) is 94.3 Å². The minimum atomic E-state index is -0.402. The SMILES string of the molecule is CCCCCCCCOc1cnc(-c2ccc(-c3ccc(C(=O)OC[C@H](C)OCC(C#N)CC)cc3)cc2)nc1. The van der Waals surface area contributed by atoms with Crippen LogP contribution in [0.4, 0.5) is 0 Å². The molecule has 1 aromatic heterocycles. The fourth-order valence-electron chi connectivity index (χ4n) is 4.07. The van der Waals surface area contributed by atoms with Gasteiger partial charge in [0, 0.05) is 5.56 Å². The van der Waals surface area contributed by atoms with Gasteiger partial charge in [-0.05, 0) is 43.0 Å². The number of nitriles is 1. The summed E-state index contributed by atoms with van der Waals surface area (Å²) in [4.78, 5) is 21.4. The summed E-state index contributed by atoms with van der Waals surface area (Å²) in [7, 11) is 0. The van der Waals surface area contributed by atoms with Gasteiger partial charge in [-0.2, -0.15) is 5.26 Å². The van der Waals surface area contributed by atoms with Crippen molar-refractivity contribution >= 4 is 5.97 Å². The first-order chi connectivity index (χ1) is 19.5. The lowest BCUT2D eigenvalue weighted by molar-refractivity contribution is -0.00693. The van der Waals surface area contributed by atoms with E-state index in [1.54, 1.807) is 24.5 Å².